The molecule has 0 amide bonds. The third kappa shape index (κ3) is 2.15. The summed E-state index contributed by atoms with van der Waals surface area (Å²) in [6, 6.07) is 6.34. The van der Waals surface area contributed by atoms with Crippen LogP contribution < -0.4 is 0 Å². The predicted molar refractivity (Wildman–Crippen MR) is 67.4 cm³/mol. The summed E-state index contributed by atoms with van der Waals surface area (Å²) in [6.45, 7) is 6.50. The molecule has 3 unspecified atom stereocenters. The van der Waals surface area contributed by atoms with E-state index in [1.165, 1.54) is 30.4 Å². The molecule has 0 radical (unpaired) electrons. The van der Waals surface area contributed by atoms with E-state index in [9.17, 15) is 5.11 Å². The zero-order valence-electron chi connectivity index (χ0n) is 10.5. The molecular weight excluding hydrogens is 196 g/mol. The van der Waals surface area contributed by atoms with E-state index in [-0.39, 0.29) is 6.10 Å². The van der Waals surface area contributed by atoms with Crippen molar-refractivity contribution in [3.8, 4) is 0 Å². The minimum atomic E-state index is -0.267. The molecule has 1 fully saturated rings. The van der Waals surface area contributed by atoms with E-state index < -0.39 is 0 Å². The van der Waals surface area contributed by atoms with Crippen molar-refractivity contribution < 1.29 is 5.11 Å². The second-order valence-electron chi connectivity index (χ2n) is 5.36. The second kappa shape index (κ2) is 4.58. The third-order valence-corrected chi connectivity index (χ3v) is 4.21. The highest BCUT2D eigenvalue weighted by Gasteiger charge is 2.30. The number of aliphatic hydroxyl groups is 1. The highest BCUT2D eigenvalue weighted by Crippen LogP contribution is 2.40. The molecule has 1 aromatic carbocycles. The first-order chi connectivity index (χ1) is 7.59. The van der Waals surface area contributed by atoms with Gasteiger partial charge in [-0.15, -0.1) is 0 Å². The maximum absolute atomic E-state index is 10.4. The van der Waals surface area contributed by atoms with Crippen LogP contribution in [-0.4, -0.2) is 5.11 Å². The van der Waals surface area contributed by atoms with E-state index in [2.05, 4.69) is 39.0 Å². The van der Waals surface area contributed by atoms with Crippen LogP contribution in [0.1, 0.15) is 49.0 Å². The van der Waals surface area contributed by atoms with Gasteiger partial charge in [-0.2, -0.15) is 0 Å². The van der Waals surface area contributed by atoms with Crippen molar-refractivity contribution in [1.29, 1.82) is 0 Å². The highest BCUT2D eigenvalue weighted by molar-refractivity contribution is 5.31. The maximum Gasteiger partial charge on any atom is 0.0820 e. The van der Waals surface area contributed by atoms with Crippen molar-refractivity contribution in [1.82, 2.24) is 0 Å². The lowest BCUT2D eigenvalue weighted by atomic mass is 9.87. The number of hydrogen-bond acceptors (Lipinski definition) is 1. The largest absolute Gasteiger partial charge is 0.388 e. The van der Waals surface area contributed by atoms with Crippen LogP contribution in [0.5, 0.6) is 0 Å². The number of hydrogen-bond donors (Lipinski definition) is 1. The summed E-state index contributed by atoms with van der Waals surface area (Å²) >= 11 is 0. The number of aryl methyl sites for hydroxylation is 2. The maximum atomic E-state index is 10.4. The van der Waals surface area contributed by atoms with Gasteiger partial charge in [0, 0.05) is 0 Å². The topological polar surface area (TPSA) is 20.2 Å². The fraction of sp³-hybridized carbons (Fsp3) is 0.600. The van der Waals surface area contributed by atoms with E-state index in [1.807, 2.05) is 0 Å². The van der Waals surface area contributed by atoms with Gasteiger partial charge in [0.25, 0.3) is 0 Å². The average Bonchev–Trinajstić information content (AvgIpc) is 2.67. The van der Waals surface area contributed by atoms with Crippen LogP contribution in [0.25, 0.3) is 0 Å². The molecule has 1 aliphatic carbocycles. The molecule has 1 saturated carbocycles. The molecule has 16 heavy (non-hydrogen) atoms. The highest BCUT2D eigenvalue weighted by atomic mass is 16.3. The van der Waals surface area contributed by atoms with Gasteiger partial charge in [0.1, 0.15) is 0 Å². The van der Waals surface area contributed by atoms with Crippen LogP contribution in [0, 0.1) is 25.7 Å². The summed E-state index contributed by atoms with van der Waals surface area (Å²) in [5, 5.41) is 10.4. The Bertz CT molecular complexity index is 370. The van der Waals surface area contributed by atoms with E-state index in [4.69, 9.17) is 0 Å². The van der Waals surface area contributed by atoms with Crippen LogP contribution in [0.4, 0.5) is 0 Å². The Morgan fingerprint density at radius 2 is 1.94 bits per heavy atom. The summed E-state index contributed by atoms with van der Waals surface area (Å²) in [4.78, 5) is 0. The van der Waals surface area contributed by atoms with Crippen molar-refractivity contribution in [2.24, 2.45) is 11.8 Å². The van der Waals surface area contributed by atoms with Crippen LogP contribution in [0.15, 0.2) is 18.2 Å². The Hall–Kier alpha value is -0.820. The minimum absolute atomic E-state index is 0.267. The molecule has 0 bridgehead atoms. The third-order valence-electron chi connectivity index (χ3n) is 4.21. The van der Waals surface area contributed by atoms with Gasteiger partial charge in [-0.1, -0.05) is 38.0 Å². The number of benzene rings is 1. The summed E-state index contributed by atoms with van der Waals surface area (Å²) in [6.07, 6.45) is 3.45. The molecule has 2 rings (SSSR count). The van der Waals surface area contributed by atoms with Crippen LogP contribution in [0.2, 0.25) is 0 Å². The van der Waals surface area contributed by atoms with E-state index in [0.29, 0.717) is 11.8 Å². The summed E-state index contributed by atoms with van der Waals surface area (Å²) in [7, 11) is 0. The van der Waals surface area contributed by atoms with E-state index in [0.717, 1.165) is 5.56 Å². The average molecular weight is 218 g/mol. The minimum Gasteiger partial charge on any atom is -0.388 e. The molecule has 0 heterocycles. The Kier molecular flexibility index (Phi) is 3.34. The van der Waals surface area contributed by atoms with Gasteiger partial charge in [-0.3, -0.25) is 0 Å². The van der Waals surface area contributed by atoms with Crippen molar-refractivity contribution in [3.05, 3.63) is 34.9 Å². The molecule has 1 N–H and O–H groups in total. The van der Waals surface area contributed by atoms with Gasteiger partial charge in [0.05, 0.1) is 6.10 Å². The quantitative estimate of drug-likeness (QED) is 0.801. The molecule has 0 spiro atoms. The zero-order chi connectivity index (χ0) is 11.7. The zero-order valence-corrected chi connectivity index (χ0v) is 10.5. The molecule has 1 nitrogen and oxygen atoms in total. The van der Waals surface area contributed by atoms with Gasteiger partial charge in [-0.05, 0) is 48.8 Å². The normalized spacial score (nSPS) is 27.0. The Labute approximate surface area is 98.5 Å². The first-order valence-corrected chi connectivity index (χ1v) is 6.35. The standard InChI is InChI=1S/C15H22O/c1-10-7-8-13(9-12(10)3)15(16)14-6-4-5-11(14)2/h7-9,11,14-16H,4-6H2,1-3H3. The van der Waals surface area contributed by atoms with Crippen LogP contribution in [0.3, 0.4) is 0 Å². The van der Waals surface area contributed by atoms with Crippen LogP contribution >= 0.6 is 0 Å². The van der Waals surface area contributed by atoms with Gasteiger partial charge in [0.2, 0.25) is 0 Å². The lowest BCUT2D eigenvalue weighted by molar-refractivity contribution is 0.0900. The first-order valence-electron chi connectivity index (χ1n) is 6.35. The second-order valence-corrected chi connectivity index (χ2v) is 5.36. The van der Waals surface area contributed by atoms with Crippen molar-refractivity contribution in [2.45, 2.75) is 46.1 Å². The van der Waals surface area contributed by atoms with Gasteiger partial charge in [0.15, 0.2) is 0 Å². The monoisotopic (exact) mass is 218 g/mol. The van der Waals surface area contributed by atoms with E-state index >= 15 is 0 Å². The molecule has 0 aromatic heterocycles. The molecule has 3 atom stereocenters. The molecule has 88 valence electrons. The Morgan fingerprint density at radius 3 is 2.50 bits per heavy atom. The molecule has 1 aromatic rings. The van der Waals surface area contributed by atoms with Crippen molar-refractivity contribution >= 4 is 0 Å². The fourth-order valence-corrected chi connectivity index (χ4v) is 2.84. The number of rotatable bonds is 2. The van der Waals surface area contributed by atoms with Crippen molar-refractivity contribution in [2.75, 3.05) is 0 Å². The molecule has 1 heteroatoms. The van der Waals surface area contributed by atoms with Crippen molar-refractivity contribution in [3.63, 3.8) is 0 Å². The molecule has 1 aliphatic rings. The first kappa shape index (κ1) is 11.7. The Balaban J connectivity index is 2.20. The van der Waals surface area contributed by atoms with E-state index in [1.54, 1.807) is 0 Å². The molecule has 0 aliphatic heterocycles. The lowest BCUT2D eigenvalue weighted by Crippen LogP contribution is -2.15. The van der Waals surface area contributed by atoms with Gasteiger partial charge in [-0.25, -0.2) is 0 Å². The predicted octanol–water partition coefficient (Wildman–Crippen LogP) is 3.77. The summed E-state index contributed by atoms with van der Waals surface area (Å²) in [5.41, 5.74) is 3.68. The molecule has 0 saturated heterocycles. The van der Waals surface area contributed by atoms with Gasteiger partial charge < -0.3 is 5.11 Å². The SMILES string of the molecule is Cc1ccc(C(O)C2CCCC2C)cc1C. The van der Waals surface area contributed by atoms with Gasteiger partial charge >= 0.3 is 0 Å². The smallest absolute Gasteiger partial charge is 0.0820 e. The summed E-state index contributed by atoms with van der Waals surface area (Å²) in [5.74, 6) is 1.12. The number of aliphatic hydroxyl groups excluding tert-OH is 1. The summed E-state index contributed by atoms with van der Waals surface area (Å²) < 4.78 is 0. The van der Waals surface area contributed by atoms with Crippen LogP contribution in [-0.2, 0) is 0 Å². The Morgan fingerprint density at radius 1 is 1.19 bits per heavy atom. The fourth-order valence-electron chi connectivity index (χ4n) is 2.84. The molecular formula is C15H22O. The lowest BCUT2D eigenvalue weighted by Gasteiger charge is -2.23.